The molecule has 0 aromatic rings. The van der Waals surface area contributed by atoms with E-state index in [1.807, 2.05) is 0 Å². The SMILES string of the molecule is CON(C)C(=O)CCN1CC[C@@H](O)C1. The number of likely N-dealkylation sites (tertiary alicyclic amines) is 1. The van der Waals surface area contributed by atoms with Gasteiger partial charge in [-0.1, -0.05) is 0 Å². The zero-order valence-corrected chi connectivity index (χ0v) is 8.77. The molecule has 5 heteroatoms. The van der Waals surface area contributed by atoms with Crippen molar-refractivity contribution < 1.29 is 14.7 Å². The molecule has 0 bridgehead atoms. The highest BCUT2D eigenvalue weighted by atomic mass is 16.7. The van der Waals surface area contributed by atoms with Gasteiger partial charge in [-0.05, 0) is 6.42 Å². The largest absolute Gasteiger partial charge is 0.392 e. The summed E-state index contributed by atoms with van der Waals surface area (Å²) in [6.45, 7) is 2.26. The van der Waals surface area contributed by atoms with Crippen molar-refractivity contribution in [1.82, 2.24) is 9.96 Å². The summed E-state index contributed by atoms with van der Waals surface area (Å²) in [4.78, 5) is 18.2. The number of hydrogen-bond donors (Lipinski definition) is 1. The smallest absolute Gasteiger partial charge is 0.247 e. The molecule has 0 aliphatic carbocycles. The first-order valence-electron chi connectivity index (χ1n) is 4.84. The van der Waals surface area contributed by atoms with E-state index < -0.39 is 0 Å². The third kappa shape index (κ3) is 3.25. The van der Waals surface area contributed by atoms with Gasteiger partial charge >= 0.3 is 0 Å². The predicted octanol–water partition coefficient (Wildman–Crippen LogP) is -0.537. The summed E-state index contributed by atoms with van der Waals surface area (Å²) in [6.07, 6.45) is 1.04. The van der Waals surface area contributed by atoms with Crippen LogP contribution < -0.4 is 0 Å². The van der Waals surface area contributed by atoms with E-state index in [0.29, 0.717) is 19.5 Å². The molecule has 1 rings (SSSR count). The van der Waals surface area contributed by atoms with Crippen LogP contribution in [0.2, 0.25) is 0 Å². The summed E-state index contributed by atoms with van der Waals surface area (Å²) >= 11 is 0. The number of carbonyl (C=O) groups is 1. The normalized spacial score (nSPS) is 22.6. The van der Waals surface area contributed by atoms with Gasteiger partial charge in [-0.25, -0.2) is 5.06 Å². The van der Waals surface area contributed by atoms with Gasteiger partial charge in [-0.2, -0.15) is 0 Å². The summed E-state index contributed by atoms with van der Waals surface area (Å²) in [5.74, 6) is -0.0334. The highest BCUT2D eigenvalue weighted by molar-refractivity contribution is 5.74. The summed E-state index contributed by atoms with van der Waals surface area (Å²) in [5, 5.41) is 10.5. The lowest BCUT2D eigenvalue weighted by Crippen LogP contribution is -2.31. The molecule has 1 saturated heterocycles. The molecule has 0 radical (unpaired) electrons. The molecule has 0 spiro atoms. The molecule has 1 heterocycles. The Kier molecular flexibility index (Phi) is 4.31. The first kappa shape index (κ1) is 11.4. The summed E-state index contributed by atoms with van der Waals surface area (Å²) in [7, 11) is 3.07. The predicted molar refractivity (Wildman–Crippen MR) is 51.5 cm³/mol. The zero-order chi connectivity index (χ0) is 10.6. The molecule has 0 aromatic heterocycles. The summed E-state index contributed by atoms with van der Waals surface area (Å²) in [6, 6.07) is 0. The molecule has 1 N–H and O–H groups in total. The zero-order valence-electron chi connectivity index (χ0n) is 8.77. The Morgan fingerprint density at radius 3 is 2.93 bits per heavy atom. The fourth-order valence-electron chi connectivity index (χ4n) is 1.53. The van der Waals surface area contributed by atoms with Crippen molar-refractivity contribution in [3.63, 3.8) is 0 Å². The Morgan fingerprint density at radius 1 is 1.71 bits per heavy atom. The van der Waals surface area contributed by atoms with E-state index in [-0.39, 0.29) is 12.0 Å². The van der Waals surface area contributed by atoms with Crippen molar-refractivity contribution in [2.45, 2.75) is 18.9 Å². The first-order chi connectivity index (χ1) is 6.63. The number of aliphatic hydroxyl groups excluding tert-OH is 1. The van der Waals surface area contributed by atoms with Gasteiger partial charge in [0.15, 0.2) is 0 Å². The third-order valence-corrected chi connectivity index (χ3v) is 2.51. The number of β-amino-alcohol motifs (C(OH)–C–C–N with tert-alkyl or cyclic N) is 1. The second kappa shape index (κ2) is 5.29. The minimum absolute atomic E-state index is 0.0334. The van der Waals surface area contributed by atoms with Crippen LogP contribution in [0.5, 0.6) is 0 Å². The molecule has 1 atom stereocenters. The maximum absolute atomic E-state index is 11.3. The van der Waals surface area contributed by atoms with Crippen LogP contribution in [0.1, 0.15) is 12.8 Å². The van der Waals surface area contributed by atoms with Crippen molar-refractivity contribution in [2.24, 2.45) is 0 Å². The minimum atomic E-state index is -0.217. The minimum Gasteiger partial charge on any atom is -0.392 e. The van der Waals surface area contributed by atoms with E-state index in [0.717, 1.165) is 13.0 Å². The molecule has 82 valence electrons. The van der Waals surface area contributed by atoms with Gasteiger partial charge < -0.3 is 10.0 Å². The average Bonchev–Trinajstić information content (AvgIpc) is 2.59. The van der Waals surface area contributed by atoms with Crippen LogP contribution in [0.3, 0.4) is 0 Å². The molecule has 0 saturated carbocycles. The van der Waals surface area contributed by atoms with Crippen LogP contribution in [-0.4, -0.2) is 60.9 Å². The molecule has 1 fully saturated rings. The van der Waals surface area contributed by atoms with Crippen LogP contribution in [0, 0.1) is 0 Å². The Bertz CT molecular complexity index is 198. The van der Waals surface area contributed by atoms with Crippen molar-refractivity contribution in [1.29, 1.82) is 0 Å². The monoisotopic (exact) mass is 202 g/mol. The molecule has 0 unspecified atom stereocenters. The number of carbonyl (C=O) groups excluding carboxylic acids is 1. The Hall–Kier alpha value is -0.650. The highest BCUT2D eigenvalue weighted by Gasteiger charge is 2.20. The lowest BCUT2D eigenvalue weighted by Gasteiger charge is -2.17. The standard InChI is InChI=1S/C9H18N2O3/c1-10(14-2)9(13)4-6-11-5-3-8(12)7-11/h8,12H,3-7H2,1-2H3/t8-/m1/s1. The van der Waals surface area contributed by atoms with Gasteiger partial charge in [0, 0.05) is 33.1 Å². The average molecular weight is 202 g/mol. The fraction of sp³-hybridized carbons (Fsp3) is 0.889. The topological polar surface area (TPSA) is 53.0 Å². The van der Waals surface area contributed by atoms with E-state index >= 15 is 0 Å². The van der Waals surface area contributed by atoms with Crippen LogP contribution in [0.15, 0.2) is 0 Å². The van der Waals surface area contributed by atoms with E-state index in [1.54, 1.807) is 7.05 Å². The van der Waals surface area contributed by atoms with Gasteiger partial charge in [0.05, 0.1) is 13.2 Å². The van der Waals surface area contributed by atoms with Crippen molar-refractivity contribution in [3.05, 3.63) is 0 Å². The lowest BCUT2D eigenvalue weighted by molar-refractivity contribution is -0.168. The van der Waals surface area contributed by atoms with Crippen LogP contribution >= 0.6 is 0 Å². The number of hydrogen-bond acceptors (Lipinski definition) is 4. The van der Waals surface area contributed by atoms with Gasteiger partial charge in [-0.3, -0.25) is 9.63 Å². The lowest BCUT2D eigenvalue weighted by atomic mass is 10.3. The van der Waals surface area contributed by atoms with Gasteiger partial charge in [0.25, 0.3) is 0 Å². The number of rotatable bonds is 4. The second-order valence-electron chi connectivity index (χ2n) is 3.57. The van der Waals surface area contributed by atoms with E-state index in [9.17, 15) is 9.90 Å². The maximum atomic E-state index is 11.3. The van der Waals surface area contributed by atoms with Crippen molar-refractivity contribution in [2.75, 3.05) is 33.8 Å². The Morgan fingerprint density at radius 2 is 2.43 bits per heavy atom. The Balaban J connectivity index is 2.17. The van der Waals surface area contributed by atoms with Gasteiger partial charge in [0.2, 0.25) is 5.91 Å². The quantitative estimate of drug-likeness (QED) is 0.622. The summed E-state index contributed by atoms with van der Waals surface area (Å²) < 4.78 is 0. The van der Waals surface area contributed by atoms with Crippen molar-refractivity contribution >= 4 is 5.91 Å². The molecular formula is C9H18N2O3. The van der Waals surface area contributed by atoms with E-state index in [1.165, 1.54) is 12.2 Å². The molecule has 0 aromatic carbocycles. The number of nitrogens with zero attached hydrogens (tertiary/aromatic N) is 2. The van der Waals surface area contributed by atoms with Crippen molar-refractivity contribution in [3.8, 4) is 0 Å². The highest BCUT2D eigenvalue weighted by Crippen LogP contribution is 2.09. The molecule has 14 heavy (non-hydrogen) atoms. The maximum Gasteiger partial charge on any atom is 0.247 e. The molecule has 1 aliphatic heterocycles. The van der Waals surface area contributed by atoms with E-state index in [2.05, 4.69) is 4.90 Å². The van der Waals surface area contributed by atoms with Crippen LogP contribution in [0.4, 0.5) is 0 Å². The van der Waals surface area contributed by atoms with Crippen LogP contribution in [-0.2, 0) is 9.63 Å². The van der Waals surface area contributed by atoms with Gasteiger partial charge in [0.1, 0.15) is 0 Å². The van der Waals surface area contributed by atoms with E-state index in [4.69, 9.17) is 4.84 Å². The molecule has 1 aliphatic rings. The molecule has 1 amide bonds. The fourth-order valence-corrected chi connectivity index (χ4v) is 1.53. The van der Waals surface area contributed by atoms with Gasteiger partial charge in [-0.15, -0.1) is 0 Å². The second-order valence-corrected chi connectivity index (χ2v) is 3.57. The number of hydroxylamine groups is 2. The molecular weight excluding hydrogens is 184 g/mol. The number of aliphatic hydroxyl groups is 1. The number of amides is 1. The summed E-state index contributed by atoms with van der Waals surface area (Å²) in [5.41, 5.74) is 0. The Labute approximate surface area is 84.2 Å². The molecule has 5 nitrogen and oxygen atoms in total. The third-order valence-electron chi connectivity index (χ3n) is 2.51. The van der Waals surface area contributed by atoms with Crippen LogP contribution in [0.25, 0.3) is 0 Å². The first-order valence-corrected chi connectivity index (χ1v) is 4.84.